The summed E-state index contributed by atoms with van der Waals surface area (Å²) in [6.45, 7) is 3.53. The van der Waals surface area contributed by atoms with Crippen molar-refractivity contribution in [3.8, 4) is 0 Å². The Morgan fingerprint density at radius 1 is 1.06 bits per heavy atom. The fourth-order valence-corrected chi connectivity index (χ4v) is 2.47. The number of benzene rings is 2. The molecule has 0 aliphatic rings. The molecule has 18 heavy (non-hydrogen) atoms. The molecule has 0 heterocycles. The predicted octanol–water partition coefficient (Wildman–Crippen LogP) is 4.25. The largest absolute Gasteiger partial charge is 0.320 e. The maximum atomic E-state index is 13.6. The molecule has 0 saturated carbocycles. The molecule has 2 aromatic rings. The zero-order valence-electron chi connectivity index (χ0n) is 10.4. The third-order valence-corrected chi connectivity index (χ3v) is 3.52. The Kier molecular flexibility index (Phi) is 3.83. The summed E-state index contributed by atoms with van der Waals surface area (Å²) in [6, 6.07) is 11.3. The van der Waals surface area contributed by atoms with Crippen LogP contribution < -0.4 is 5.73 Å². The number of hydrogen-bond acceptors (Lipinski definition) is 1. The van der Waals surface area contributed by atoms with Gasteiger partial charge in [0.2, 0.25) is 0 Å². The van der Waals surface area contributed by atoms with Gasteiger partial charge in [0.15, 0.2) is 0 Å². The van der Waals surface area contributed by atoms with Crippen molar-refractivity contribution >= 4 is 15.9 Å². The standard InChI is InChI=1S/C15H15BrFN/c1-9-6-12(7-10(2)14(9)17)15(18)11-4-3-5-13(16)8-11/h3-8,15H,18H2,1-2H3. The van der Waals surface area contributed by atoms with E-state index in [4.69, 9.17) is 5.73 Å². The first-order valence-electron chi connectivity index (χ1n) is 5.76. The lowest BCUT2D eigenvalue weighted by Crippen LogP contribution is -2.12. The van der Waals surface area contributed by atoms with Crippen LogP contribution in [0.15, 0.2) is 40.9 Å². The van der Waals surface area contributed by atoms with Gasteiger partial charge < -0.3 is 5.73 Å². The van der Waals surface area contributed by atoms with Crippen LogP contribution in [0.25, 0.3) is 0 Å². The van der Waals surface area contributed by atoms with Crippen molar-refractivity contribution < 1.29 is 4.39 Å². The molecule has 0 saturated heterocycles. The molecule has 0 fully saturated rings. The van der Waals surface area contributed by atoms with E-state index in [1.807, 2.05) is 36.4 Å². The lowest BCUT2D eigenvalue weighted by molar-refractivity contribution is 0.607. The lowest BCUT2D eigenvalue weighted by Gasteiger charge is -2.15. The summed E-state index contributed by atoms with van der Waals surface area (Å²) in [6.07, 6.45) is 0. The molecule has 0 aromatic heterocycles. The van der Waals surface area contributed by atoms with E-state index in [2.05, 4.69) is 15.9 Å². The minimum atomic E-state index is -0.236. The Morgan fingerprint density at radius 3 is 2.22 bits per heavy atom. The molecule has 3 heteroatoms. The first-order chi connectivity index (χ1) is 8.49. The highest BCUT2D eigenvalue weighted by Crippen LogP contribution is 2.25. The van der Waals surface area contributed by atoms with Crippen LogP contribution in [0, 0.1) is 19.7 Å². The molecule has 0 bridgehead atoms. The van der Waals surface area contributed by atoms with Crippen LogP contribution in [-0.4, -0.2) is 0 Å². The van der Waals surface area contributed by atoms with Crippen molar-refractivity contribution in [1.29, 1.82) is 0 Å². The fraction of sp³-hybridized carbons (Fsp3) is 0.200. The molecule has 2 aromatic carbocycles. The monoisotopic (exact) mass is 307 g/mol. The zero-order valence-corrected chi connectivity index (χ0v) is 12.0. The number of rotatable bonds is 2. The molecular weight excluding hydrogens is 293 g/mol. The average molecular weight is 308 g/mol. The molecule has 0 aliphatic heterocycles. The molecular formula is C15H15BrFN. The van der Waals surface area contributed by atoms with Crippen LogP contribution in [0.5, 0.6) is 0 Å². The molecule has 1 atom stereocenters. The first kappa shape index (κ1) is 13.2. The Morgan fingerprint density at radius 2 is 1.67 bits per heavy atom. The van der Waals surface area contributed by atoms with Crippen LogP contribution in [-0.2, 0) is 0 Å². The Balaban J connectivity index is 2.43. The van der Waals surface area contributed by atoms with Gasteiger partial charge in [-0.15, -0.1) is 0 Å². The van der Waals surface area contributed by atoms with Crippen molar-refractivity contribution in [3.63, 3.8) is 0 Å². The minimum absolute atomic E-state index is 0.153. The predicted molar refractivity (Wildman–Crippen MR) is 76.0 cm³/mol. The minimum Gasteiger partial charge on any atom is -0.320 e. The summed E-state index contributed by atoms with van der Waals surface area (Å²) >= 11 is 3.43. The van der Waals surface area contributed by atoms with Crippen molar-refractivity contribution in [3.05, 3.63) is 68.9 Å². The highest BCUT2D eigenvalue weighted by Gasteiger charge is 2.12. The lowest BCUT2D eigenvalue weighted by atomic mass is 9.96. The summed E-state index contributed by atoms with van der Waals surface area (Å²) in [5.74, 6) is -0.153. The van der Waals surface area contributed by atoms with Crippen LogP contribution >= 0.6 is 15.9 Å². The smallest absolute Gasteiger partial charge is 0.129 e. The van der Waals surface area contributed by atoms with Gasteiger partial charge in [-0.1, -0.05) is 40.2 Å². The highest BCUT2D eigenvalue weighted by atomic mass is 79.9. The number of hydrogen-bond donors (Lipinski definition) is 1. The summed E-state index contributed by atoms with van der Waals surface area (Å²) in [5.41, 5.74) is 9.44. The van der Waals surface area contributed by atoms with E-state index in [0.29, 0.717) is 11.1 Å². The van der Waals surface area contributed by atoms with Gasteiger partial charge in [-0.25, -0.2) is 4.39 Å². The fourth-order valence-electron chi connectivity index (χ4n) is 2.05. The number of aryl methyl sites for hydroxylation is 2. The van der Waals surface area contributed by atoms with E-state index >= 15 is 0 Å². The molecule has 0 radical (unpaired) electrons. The second-order valence-corrected chi connectivity index (χ2v) is 5.42. The SMILES string of the molecule is Cc1cc(C(N)c2cccc(Br)c2)cc(C)c1F. The quantitative estimate of drug-likeness (QED) is 0.881. The van der Waals surface area contributed by atoms with Crippen molar-refractivity contribution in [2.24, 2.45) is 5.73 Å². The van der Waals surface area contributed by atoms with E-state index in [9.17, 15) is 4.39 Å². The summed E-state index contributed by atoms with van der Waals surface area (Å²) < 4.78 is 14.6. The summed E-state index contributed by atoms with van der Waals surface area (Å²) in [7, 11) is 0. The summed E-state index contributed by atoms with van der Waals surface area (Å²) in [5, 5.41) is 0. The third kappa shape index (κ3) is 2.62. The van der Waals surface area contributed by atoms with Crippen LogP contribution in [0.1, 0.15) is 28.3 Å². The van der Waals surface area contributed by atoms with Crippen LogP contribution in [0.2, 0.25) is 0 Å². The second kappa shape index (κ2) is 5.21. The van der Waals surface area contributed by atoms with Crippen molar-refractivity contribution in [1.82, 2.24) is 0 Å². The van der Waals surface area contributed by atoms with Crippen LogP contribution in [0.4, 0.5) is 4.39 Å². The normalized spacial score (nSPS) is 12.5. The van der Waals surface area contributed by atoms with Gasteiger partial charge in [-0.2, -0.15) is 0 Å². The van der Waals surface area contributed by atoms with E-state index in [-0.39, 0.29) is 11.9 Å². The highest BCUT2D eigenvalue weighted by molar-refractivity contribution is 9.10. The summed E-state index contributed by atoms with van der Waals surface area (Å²) in [4.78, 5) is 0. The maximum absolute atomic E-state index is 13.6. The van der Waals surface area contributed by atoms with E-state index < -0.39 is 0 Å². The Labute approximate surface area is 115 Å². The molecule has 2 rings (SSSR count). The first-order valence-corrected chi connectivity index (χ1v) is 6.56. The van der Waals surface area contributed by atoms with Gasteiger partial charge in [0, 0.05) is 4.47 Å². The van der Waals surface area contributed by atoms with Gasteiger partial charge in [-0.3, -0.25) is 0 Å². The van der Waals surface area contributed by atoms with Gasteiger partial charge in [0.1, 0.15) is 5.82 Å². The molecule has 0 aliphatic carbocycles. The molecule has 94 valence electrons. The van der Waals surface area contributed by atoms with Crippen molar-refractivity contribution in [2.75, 3.05) is 0 Å². The van der Waals surface area contributed by atoms with E-state index in [1.165, 1.54) is 0 Å². The number of nitrogens with two attached hydrogens (primary N) is 1. The van der Waals surface area contributed by atoms with Gasteiger partial charge >= 0.3 is 0 Å². The third-order valence-electron chi connectivity index (χ3n) is 3.03. The molecule has 0 spiro atoms. The van der Waals surface area contributed by atoms with E-state index in [0.717, 1.165) is 15.6 Å². The Bertz CT molecular complexity index is 557. The average Bonchev–Trinajstić information content (AvgIpc) is 2.34. The van der Waals surface area contributed by atoms with Crippen molar-refractivity contribution in [2.45, 2.75) is 19.9 Å². The van der Waals surface area contributed by atoms with Gasteiger partial charge in [0.25, 0.3) is 0 Å². The molecule has 0 amide bonds. The zero-order chi connectivity index (χ0) is 13.3. The molecule has 1 nitrogen and oxygen atoms in total. The number of halogens is 2. The van der Waals surface area contributed by atoms with Crippen LogP contribution in [0.3, 0.4) is 0 Å². The van der Waals surface area contributed by atoms with E-state index in [1.54, 1.807) is 13.8 Å². The Hall–Kier alpha value is -1.19. The molecule has 2 N–H and O–H groups in total. The second-order valence-electron chi connectivity index (χ2n) is 4.50. The van der Waals surface area contributed by atoms with Gasteiger partial charge in [-0.05, 0) is 48.2 Å². The molecule has 1 unspecified atom stereocenters. The topological polar surface area (TPSA) is 26.0 Å². The maximum Gasteiger partial charge on any atom is 0.129 e. The van der Waals surface area contributed by atoms with Gasteiger partial charge in [0.05, 0.1) is 6.04 Å².